The third-order valence-corrected chi connectivity index (χ3v) is 5.05. The first-order valence-corrected chi connectivity index (χ1v) is 9.29. The van der Waals surface area contributed by atoms with E-state index in [0.717, 1.165) is 41.2 Å². The predicted octanol–water partition coefficient (Wildman–Crippen LogP) is 4.80. The van der Waals surface area contributed by atoms with Gasteiger partial charge in [0.25, 0.3) is 0 Å². The number of benzene rings is 2. The molecule has 0 atom stereocenters. The van der Waals surface area contributed by atoms with Gasteiger partial charge in [-0.2, -0.15) is 5.10 Å². The van der Waals surface area contributed by atoms with Crippen molar-refractivity contribution in [2.75, 3.05) is 11.4 Å². The van der Waals surface area contributed by atoms with Crippen molar-refractivity contribution in [3.63, 3.8) is 0 Å². The summed E-state index contributed by atoms with van der Waals surface area (Å²) in [5.41, 5.74) is 3.93. The van der Waals surface area contributed by atoms with Crippen molar-refractivity contribution in [3.8, 4) is 5.69 Å². The lowest BCUT2D eigenvalue weighted by Crippen LogP contribution is -2.23. The number of anilines is 1. The Hall–Kier alpha value is -2.92. The molecule has 27 heavy (non-hydrogen) atoms. The van der Waals surface area contributed by atoms with Gasteiger partial charge in [0.1, 0.15) is 12.1 Å². The van der Waals surface area contributed by atoms with E-state index in [1.165, 1.54) is 5.56 Å². The van der Waals surface area contributed by atoms with Crippen LogP contribution in [0.5, 0.6) is 0 Å². The number of hydrogen-bond donors (Lipinski definition) is 0. The van der Waals surface area contributed by atoms with Crippen molar-refractivity contribution in [1.29, 1.82) is 0 Å². The number of halogens is 1. The molecular formula is C21H20ClN5. The fraction of sp³-hybridized carbons (Fsp3) is 0.190. The molecule has 0 amide bonds. The van der Waals surface area contributed by atoms with Crippen molar-refractivity contribution >= 4 is 28.5 Å². The maximum absolute atomic E-state index is 6.29. The van der Waals surface area contributed by atoms with Gasteiger partial charge in [-0.25, -0.2) is 14.6 Å². The highest BCUT2D eigenvalue weighted by Crippen LogP contribution is 2.27. The minimum Gasteiger partial charge on any atom is -0.352 e. The maximum Gasteiger partial charge on any atom is 0.168 e. The molecule has 0 saturated carbocycles. The van der Waals surface area contributed by atoms with E-state index in [-0.39, 0.29) is 0 Å². The van der Waals surface area contributed by atoms with Crippen LogP contribution < -0.4 is 4.90 Å². The monoisotopic (exact) mass is 377 g/mol. The Morgan fingerprint density at radius 2 is 1.89 bits per heavy atom. The molecule has 0 radical (unpaired) electrons. The highest BCUT2D eigenvalue weighted by molar-refractivity contribution is 6.31. The molecule has 136 valence electrons. The number of fused-ring (bicyclic) bond motifs is 1. The first-order chi connectivity index (χ1) is 13.2. The highest BCUT2D eigenvalue weighted by Gasteiger charge is 2.16. The fourth-order valence-electron chi connectivity index (χ4n) is 3.13. The predicted molar refractivity (Wildman–Crippen MR) is 110 cm³/mol. The average molecular weight is 378 g/mol. The quantitative estimate of drug-likeness (QED) is 0.501. The molecule has 0 aliphatic rings. The lowest BCUT2D eigenvalue weighted by atomic mass is 10.2. The normalized spacial score (nSPS) is 11.1. The van der Waals surface area contributed by atoms with Crippen LogP contribution in [-0.4, -0.2) is 26.3 Å². The molecule has 0 aliphatic carbocycles. The molecule has 0 aliphatic heterocycles. The summed E-state index contributed by atoms with van der Waals surface area (Å²) >= 11 is 6.29. The zero-order valence-electron chi connectivity index (χ0n) is 15.3. The van der Waals surface area contributed by atoms with Crippen molar-refractivity contribution in [2.24, 2.45) is 0 Å². The molecular weight excluding hydrogens is 358 g/mol. The lowest BCUT2D eigenvalue weighted by molar-refractivity contribution is 0.816. The van der Waals surface area contributed by atoms with Crippen molar-refractivity contribution in [1.82, 2.24) is 19.7 Å². The van der Waals surface area contributed by atoms with E-state index in [0.29, 0.717) is 5.02 Å². The van der Waals surface area contributed by atoms with Crippen molar-refractivity contribution < 1.29 is 0 Å². The first-order valence-electron chi connectivity index (χ1n) is 8.91. The minimum atomic E-state index is 0.713. The summed E-state index contributed by atoms with van der Waals surface area (Å²) in [4.78, 5) is 11.3. The van der Waals surface area contributed by atoms with Gasteiger partial charge in [-0.1, -0.05) is 48.0 Å². The van der Waals surface area contributed by atoms with Crippen LogP contribution in [0.1, 0.15) is 18.1 Å². The third kappa shape index (κ3) is 3.38. The van der Waals surface area contributed by atoms with Gasteiger partial charge in [0.2, 0.25) is 0 Å². The Labute approximate surface area is 163 Å². The molecule has 2 aromatic carbocycles. The second kappa shape index (κ2) is 7.37. The van der Waals surface area contributed by atoms with Gasteiger partial charge >= 0.3 is 0 Å². The number of hydrogen-bond acceptors (Lipinski definition) is 4. The van der Waals surface area contributed by atoms with Gasteiger partial charge in [0.15, 0.2) is 5.65 Å². The molecule has 0 bridgehead atoms. The number of aryl methyl sites for hydroxylation is 1. The summed E-state index contributed by atoms with van der Waals surface area (Å²) in [5, 5.41) is 6.19. The topological polar surface area (TPSA) is 46.8 Å². The summed E-state index contributed by atoms with van der Waals surface area (Å²) in [6, 6.07) is 16.3. The van der Waals surface area contributed by atoms with Crippen LogP contribution in [0.25, 0.3) is 16.7 Å². The minimum absolute atomic E-state index is 0.713. The van der Waals surface area contributed by atoms with Crippen molar-refractivity contribution in [3.05, 3.63) is 77.2 Å². The molecule has 6 heteroatoms. The highest BCUT2D eigenvalue weighted by atomic mass is 35.5. The van der Waals surface area contributed by atoms with E-state index < -0.39 is 0 Å². The van der Waals surface area contributed by atoms with Crippen LogP contribution in [0.3, 0.4) is 0 Å². The molecule has 0 fully saturated rings. The van der Waals surface area contributed by atoms with Crippen molar-refractivity contribution in [2.45, 2.75) is 20.4 Å². The van der Waals surface area contributed by atoms with Gasteiger partial charge in [-0.15, -0.1) is 0 Å². The molecule has 0 saturated heterocycles. The molecule has 4 aromatic rings. The van der Waals surface area contributed by atoms with Gasteiger partial charge in [0.05, 0.1) is 17.3 Å². The third-order valence-electron chi connectivity index (χ3n) is 4.64. The Morgan fingerprint density at radius 1 is 1.07 bits per heavy atom. The largest absolute Gasteiger partial charge is 0.352 e. The molecule has 2 aromatic heterocycles. The summed E-state index contributed by atoms with van der Waals surface area (Å²) < 4.78 is 1.81. The van der Waals surface area contributed by atoms with E-state index in [1.54, 1.807) is 6.33 Å². The average Bonchev–Trinajstić information content (AvgIpc) is 3.13. The Bertz CT molecular complexity index is 1070. The summed E-state index contributed by atoms with van der Waals surface area (Å²) in [6.07, 6.45) is 3.42. The Kier molecular flexibility index (Phi) is 4.77. The standard InChI is InChI=1S/C21H20ClN5/c1-3-26(13-16-7-5-4-6-8-16)20-18-12-25-27(21(18)24-14-23-20)17-10-9-15(2)19(22)11-17/h4-12,14H,3,13H2,1-2H3. The molecule has 5 nitrogen and oxygen atoms in total. The van der Waals surface area contributed by atoms with Crippen LogP contribution in [0.15, 0.2) is 61.1 Å². The van der Waals surface area contributed by atoms with E-state index in [2.05, 4.69) is 51.2 Å². The number of nitrogens with zero attached hydrogens (tertiary/aromatic N) is 5. The number of rotatable bonds is 5. The first kappa shape index (κ1) is 17.5. The van der Waals surface area contributed by atoms with Crippen LogP contribution in [0.2, 0.25) is 5.02 Å². The van der Waals surface area contributed by atoms with Crippen LogP contribution in [0, 0.1) is 6.92 Å². The number of aromatic nitrogens is 4. The summed E-state index contributed by atoms with van der Waals surface area (Å²) in [7, 11) is 0. The van der Waals surface area contributed by atoms with E-state index >= 15 is 0 Å². The van der Waals surface area contributed by atoms with Crippen LogP contribution in [0.4, 0.5) is 5.82 Å². The smallest absolute Gasteiger partial charge is 0.168 e. The maximum atomic E-state index is 6.29. The van der Waals surface area contributed by atoms with E-state index in [9.17, 15) is 0 Å². The second-order valence-electron chi connectivity index (χ2n) is 6.42. The SMILES string of the molecule is CCN(Cc1ccccc1)c1ncnc2c1cnn2-c1ccc(C)c(Cl)c1. The zero-order chi connectivity index (χ0) is 18.8. The summed E-state index contributed by atoms with van der Waals surface area (Å²) in [5.74, 6) is 0.885. The molecule has 0 N–H and O–H groups in total. The second-order valence-corrected chi connectivity index (χ2v) is 6.83. The van der Waals surface area contributed by atoms with Gasteiger partial charge in [-0.05, 0) is 37.1 Å². The van der Waals surface area contributed by atoms with Crippen LogP contribution in [-0.2, 0) is 6.54 Å². The zero-order valence-corrected chi connectivity index (χ0v) is 16.1. The van der Waals surface area contributed by atoms with E-state index in [1.807, 2.05) is 42.1 Å². The summed E-state index contributed by atoms with van der Waals surface area (Å²) in [6.45, 7) is 5.73. The van der Waals surface area contributed by atoms with Gasteiger partial charge < -0.3 is 4.90 Å². The fourth-order valence-corrected chi connectivity index (χ4v) is 3.30. The molecule has 4 rings (SSSR count). The molecule has 2 heterocycles. The Morgan fingerprint density at radius 3 is 2.63 bits per heavy atom. The van der Waals surface area contributed by atoms with Gasteiger partial charge in [0, 0.05) is 18.1 Å². The molecule has 0 spiro atoms. The molecule has 0 unspecified atom stereocenters. The lowest BCUT2D eigenvalue weighted by Gasteiger charge is -2.22. The van der Waals surface area contributed by atoms with E-state index in [4.69, 9.17) is 11.6 Å². The Balaban J connectivity index is 1.76. The van der Waals surface area contributed by atoms with Crippen LogP contribution >= 0.6 is 11.6 Å². The van der Waals surface area contributed by atoms with Gasteiger partial charge in [-0.3, -0.25) is 0 Å².